The molecule has 0 spiro atoms. The molecule has 0 saturated carbocycles. The summed E-state index contributed by atoms with van der Waals surface area (Å²) >= 11 is 0. The van der Waals surface area contributed by atoms with E-state index < -0.39 is 23.1 Å². The number of carbonyl (C=O) groups excluding carboxylic acids is 2. The number of nitrogens with zero attached hydrogens (tertiary/aromatic N) is 3. The number of allylic oxidation sites excluding steroid dienone is 1. The van der Waals surface area contributed by atoms with E-state index in [0.717, 1.165) is 18.3 Å². The number of likely N-dealkylation sites (N-methyl/N-ethyl adjacent to an activating group) is 1. The number of amides is 2. The molecule has 0 unspecified atom stereocenters. The average molecular weight is 415 g/mol. The number of hydrogen-bond acceptors (Lipinski definition) is 7. The zero-order valence-corrected chi connectivity index (χ0v) is 16.0. The maximum absolute atomic E-state index is 14.2. The molecule has 0 bridgehead atoms. The number of nitrogens with two attached hydrogens (primary N) is 1. The molecule has 2 aromatic rings. The topological polar surface area (TPSA) is 134 Å². The Morgan fingerprint density at radius 2 is 2.03 bits per heavy atom. The van der Waals surface area contributed by atoms with E-state index in [1.807, 2.05) is 0 Å². The molecular formula is C19H19F2N7O2. The molecule has 0 radical (unpaired) electrons. The minimum absolute atomic E-state index is 0.00816. The van der Waals surface area contributed by atoms with E-state index in [-0.39, 0.29) is 47.6 Å². The Bertz CT molecular complexity index is 1030. The minimum Gasteiger partial charge on any atom is -0.403 e. The summed E-state index contributed by atoms with van der Waals surface area (Å²) < 4.78 is 28.4. The van der Waals surface area contributed by atoms with Gasteiger partial charge in [-0.15, -0.1) is 0 Å². The molecule has 5 N–H and O–H groups in total. The molecule has 0 aliphatic carbocycles. The summed E-state index contributed by atoms with van der Waals surface area (Å²) in [6.45, 7) is 2.22. The Hall–Kier alpha value is -3.89. The Morgan fingerprint density at radius 1 is 1.30 bits per heavy atom. The fraction of sp³-hybridized carbons (Fsp3) is 0.211. The first-order valence-corrected chi connectivity index (χ1v) is 9.03. The third-order valence-electron chi connectivity index (χ3n) is 4.10. The highest BCUT2D eigenvalue weighted by Crippen LogP contribution is 2.29. The molecule has 11 heteroatoms. The fourth-order valence-electron chi connectivity index (χ4n) is 2.77. The normalized spacial score (nSPS) is 13.3. The van der Waals surface area contributed by atoms with E-state index in [0.29, 0.717) is 6.54 Å². The zero-order valence-electron chi connectivity index (χ0n) is 16.0. The Labute approximate surface area is 170 Å². The van der Waals surface area contributed by atoms with Crippen LogP contribution in [0.2, 0.25) is 0 Å². The second-order valence-electron chi connectivity index (χ2n) is 6.17. The highest BCUT2D eigenvalue weighted by atomic mass is 19.1. The summed E-state index contributed by atoms with van der Waals surface area (Å²) in [6.07, 6.45) is 2.45. The first-order valence-electron chi connectivity index (χ1n) is 9.03. The van der Waals surface area contributed by atoms with Crippen LogP contribution < -0.4 is 21.7 Å². The van der Waals surface area contributed by atoms with E-state index in [9.17, 15) is 18.4 Å². The van der Waals surface area contributed by atoms with Gasteiger partial charge < -0.3 is 21.7 Å². The third-order valence-corrected chi connectivity index (χ3v) is 4.10. The highest BCUT2D eigenvalue weighted by Gasteiger charge is 2.28. The summed E-state index contributed by atoms with van der Waals surface area (Å²) in [6, 6.07) is 3.40. The maximum atomic E-state index is 14.2. The largest absolute Gasteiger partial charge is 0.403 e. The molecular weight excluding hydrogens is 396 g/mol. The molecule has 9 nitrogen and oxygen atoms in total. The van der Waals surface area contributed by atoms with Gasteiger partial charge in [-0.25, -0.2) is 18.7 Å². The van der Waals surface area contributed by atoms with Crippen molar-refractivity contribution in [1.82, 2.24) is 20.6 Å². The molecule has 30 heavy (non-hydrogen) atoms. The number of aromatic nitrogens is 2. The molecule has 156 valence electrons. The van der Waals surface area contributed by atoms with Crippen molar-refractivity contribution in [2.24, 2.45) is 10.7 Å². The van der Waals surface area contributed by atoms with Gasteiger partial charge in [-0.2, -0.15) is 0 Å². The predicted molar refractivity (Wildman–Crippen MR) is 106 cm³/mol. The van der Waals surface area contributed by atoms with Crippen LogP contribution in [0.15, 0.2) is 35.1 Å². The van der Waals surface area contributed by atoms with Crippen LogP contribution in [0.4, 0.5) is 14.6 Å². The molecule has 2 amide bonds. The molecule has 1 aliphatic rings. The van der Waals surface area contributed by atoms with Crippen LogP contribution >= 0.6 is 0 Å². The molecule has 1 aliphatic heterocycles. The van der Waals surface area contributed by atoms with Crippen molar-refractivity contribution in [2.75, 3.05) is 18.4 Å². The van der Waals surface area contributed by atoms with Gasteiger partial charge in [0, 0.05) is 19.0 Å². The molecule has 3 rings (SSSR count). The molecule has 0 atom stereocenters. The second kappa shape index (κ2) is 9.07. The van der Waals surface area contributed by atoms with Crippen molar-refractivity contribution in [2.45, 2.75) is 13.5 Å². The van der Waals surface area contributed by atoms with E-state index >= 15 is 0 Å². The molecule has 0 saturated heterocycles. The molecule has 1 aromatic heterocycles. The summed E-state index contributed by atoms with van der Waals surface area (Å²) in [5, 5.41) is 8.00. The first kappa shape index (κ1) is 20.8. The SMILES string of the molecule is CCNC(=O)CN=CC(=CN)Nc1nc(-c2c(F)cccc2F)nc2c1C(=O)NC2. The molecule has 0 fully saturated rings. The van der Waals surface area contributed by atoms with Gasteiger partial charge in [-0.05, 0) is 19.1 Å². The van der Waals surface area contributed by atoms with Crippen LogP contribution in [-0.4, -0.2) is 41.1 Å². The van der Waals surface area contributed by atoms with Gasteiger partial charge in [-0.3, -0.25) is 14.6 Å². The Kier molecular flexibility index (Phi) is 6.30. The number of benzene rings is 1. The first-order chi connectivity index (χ1) is 14.4. The lowest BCUT2D eigenvalue weighted by Gasteiger charge is -2.12. The standard InChI is InChI=1S/C19H19F2N7O2/c1-2-24-14(29)9-23-7-10(6-22)26-18-16-13(8-25-19(16)30)27-17(28-18)15-11(20)4-3-5-12(15)21/h3-7H,2,8-9,22H2,1H3,(H,24,29)(H,25,30)(H,26,27,28). The van der Waals surface area contributed by atoms with Crippen molar-refractivity contribution >= 4 is 23.8 Å². The lowest BCUT2D eigenvalue weighted by Crippen LogP contribution is -2.25. The quantitative estimate of drug-likeness (QED) is 0.500. The number of aliphatic imine (C=N–C) groups is 1. The zero-order chi connectivity index (χ0) is 21.7. The summed E-state index contributed by atoms with van der Waals surface area (Å²) in [4.78, 5) is 35.9. The number of halogens is 2. The van der Waals surface area contributed by atoms with Gasteiger partial charge in [0.1, 0.15) is 29.6 Å². The second-order valence-corrected chi connectivity index (χ2v) is 6.17. The maximum Gasteiger partial charge on any atom is 0.257 e. The number of anilines is 1. The Balaban J connectivity index is 1.96. The highest BCUT2D eigenvalue weighted by molar-refractivity contribution is 6.03. The molecule has 2 heterocycles. The summed E-state index contributed by atoms with van der Waals surface area (Å²) in [5.41, 5.74) is 5.82. The smallest absolute Gasteiger partial charge is 0.257 e. The number of hydrogen-bond donors (Lipinski definition) is 4. The lowest BCUT2D eigenvalue weighted by atomic mass is 10.1. The van der Waals surface area contributed by atoms with E-state index in [1.54, 1.807) is 6.92 Å². The van der Waals surface area contributed by atoms with Crippen molar-refractivity contribution in [3.8, 4) is 11.4 Å². The number of carbonyl (C=O) groups is 2. The van der Waals surface area contributed by atoms with Gasteiger partial charge in [0.25, 0.3) is 5.91 Å². The summed E-state index contributed by atoms with van der Waals surface area (Å²) in [7, 11) is 0. The predicted octanol–water partition coefficient (Wildman–Crippen LogP) is 1.08. The van der Waals surface area contributed by atoms with Crippen LogP contribution in [0.3, 0.4) is 0 Å². The van der Waals surface area contributed by atoms with Crippen molar-refractivity contribution in [1.29, 1.82) is 0 Å². The van der Waals surface area contributed by atoms with Crippen LogP contribution in [0, 0.1) is 11.6 Å². The van der Waals surface area contributed by atoms with Gasteiger partial charge in [0.2, 0.25) is 5.91 Å². The van der Waals surface area contributed by atoms with Crippen molar-refractivity contribution < 1.29 is 18.4 Å². The summed E-state index contributed by atoms with van der Waals surface area (Å²) in [5.74, 6) is -2.60. The third kappa shape index (κ3) is 4.40. The van der Waals surface area contributed by atoms with E-state index in [4.69, 9.17) is 5.73 Å². The van der Waals surface area contributed by atoms with Gasteiger partial charge >= 0.3 is 0 Å². The van der Waals surface area contributed by atoms with Crippen LogP contribution in [0.5, 0.6) is 0 Å². The van der Waals surface area contributed by atoms with Crippen LogP contribution in [0.1, 0.15) is 23.0 Å². The van der Waals surface area contributed by atoms with Gasteiger partial charge in [0.15, 0.2) is 5.82 Å². The lowest BCUT2D eigenvalue weighted by molar-refractivity contribution is -0.119. The van der Waals surface area contributed by atoms with Crippen molar-refractivity contribution in [3.05, 3.63) is 53.0 Å². The van der Waals surface area contributed by atoms with Crippen LogP contribution in [-0.2, 0) is 11.3 Å². The Morgan fingerprint density at radius 3 is 2.70 bits per heavy atom. The monoisotopic (exact) mass is 415 g/mol. The fourth-order valence-corrected chi connectivity index (χ4v) is 2.77. The van der Waals surface area contributed by atoms with E-state index in [1.165, 1.54) is 12.3 Å². The van der Waals surface area contributed by atoms with Crippen LogP contribution in [0.25, 0.3) is 11.4 Å². The average Bonchev–Trinajstić information content (AvgIpc) is 3.08. The molecule has 1 aromatic carbocycles. The number of nitrogens with one attached hydrogen (secondary N) is 3. The minimum atomic E-state index is -0.837. The van der Waals surface area contributed by atoms with Gasteiger partial charge in [-0.1, -0.05) is 6.07 Å². The number of fused-ring (bicyclic) bond motifs is 1. The van der Waals surface area contributed by atoms with E-state index in [2.05, 4.69) is 30.9 Å². The number of rotatable bonds is 7. The van der Waals surface area contributed by atoms with Gasteiger partial charge in [0.05, 0.1) is 23.5 Å². The van der Waals surface area contributed by atoms with Crippen molar-refractivity contribution in [3.63, 3.8) is 0 Å².